The first-order chi connectivity index (χ1) is 8.90. The molecule has 0 aliphatic heterocycles. The molecule has 0 aliphatic rings. The minimum atomic E-state index is 0.646. The lowest BCUT2D eigenvalue weighted by molar-refractivity contribution is 0.301. The van der Waals surface area contributed by atoms with Crippen LogP contribution in [0.25, 0.3) is 0 Å². The fourth-order valence-corrected chi connectivity index (χ4v) is 1.65. The van der Waals surface area contributed by atoms with E-state index >= 15 is 0 Å². The molecule has 2 N–H and O–H groups in total. The van der Waals surface area contributed by atoms with E-state index in [4.69, 9.17) is 10.6 Å². The molecule has 0 saturated carbocycles. The molecule has 0 radical (unpaired) electrons. The molecule has 5 nitrogen and oxygen atoms in total. The summed E-state index contributed by atoms with van der Waals surface area (Å²) in [5.41, 5.74) is 0.891. The van der Waals surface area contributed by atoms with Crippen molar-refractivity contribution >= 4 is 6.21 Å². The zero-order valence-corrected chi connectivity index (χ0v) is 10.1. The molecule has 0 spiro atoms. The normalized spacial score (nSPS) is 10.9. The number of hydrogen-bond acceptors (Lipinski definition) is 4. The van der Waals surface area contributed by atoms with Crippen LogP contribution in [-0.4, -0.2) is 22.4 Å². The molecule has 0 aliphatic carbocycles. The fourth-order valence-electron chi connectivity index (χ4n) is 1.65. The monoisotopic (exact) mass is 244 g/mol. The van der Waals surface area contributed by atoms with E-state index in [0.29, 0.717) is 6.61 Å². The van der Waals surface area contributed by atoms with Crippen molar-refractivity contribution in [2.24, 2.45) is 10.9 Å². The standard InChI is InChI=1S/C13H16N4O/c14-16-10-12-4-1-2-5-13(12)18-9-3-7-17-8-6-15-11-17/h1-2,4-6,8,10-11H,3,7,9,14H2. The Morgan fingerprint density at radius 1 is 1.39 bits per heavy atom. The Hall–Kier alpha value is -2.30. The number of hydrazone groups is 1. The van der Waals surface area contributed by atoms with E-state index in [1.54, 1.807) is 18.7 Å². The second-order valence-corrected chi connectivity index (χ2v) is 3.82. The Morgan fingerprint density at radius 2 is 2.28 bits per heavy atom. The summed E-state index contributed by atoms with van der Waals surface area (Å²) >= 11 is 0. The number of rotatable bonds is 6. The molecule has 18 heavy (non-hydrogen) atoms. The summed E-state index contributed by atoms with van der Waals surface area (Å²) in [5.74, 6) is 5.96. The predicted octanol–water partition coefficient (Wildman–Crippen LogP) is 1.64. The molecule has 0 amide bonds. The highest BCUT2D eigenvalue weighted by molar-refractivity contribution is 5.83. The van der Waals surface area contributed by atoms with E-state index < -0.39 is 0 Å². The van der Waals surface area contributed by atoms with Gasteiger partial charge in [-0.1, -0.05) is 12.1 Å². The van der Waals surface area contributed by atoms with Crippen LogP contribution in [-0.2, 0) is 6.54 Å². The van der Waals surface area contributed by atoms with Crippen LogP contribution in [0, 0.1) is 0 Å². The van der Waals surface area contributed by atoms with Crippen molar-refractivity contribution < 1.29 is 4.74 Å². The molecule has 2 aromatic rings. The zero-order chi connectivity index (χ0) is 12.6. The molecule has 1 aromatic carbocycles. The lowest BCUT2D eigenvalue weighted by Gasteiger charge is -2.08. The molecule has 0 saturated heterocycles. The largest absolute Gasteiger partial charge is 0.493 e. The van der Waals surface area contributed by atoms with Gasteiger partial charge in [0.05, 0.1) is 19.1 Å². The maximum Gasteiger partial charge on any atom is 0.128 e. The molecule has 94 valence electrons. The molecule has 5 heteroatoms. The summed E-state index contributed by atoms with van der Waals surface area (Å²) in [4.78, 5) is 3.99. The minimum Gasteiger partial charge on any atom is -0.493 e. The van der Waals surface area contributed by atoms with Crippen molar-refractivity contribution in [1.82, 2.24) is 9.55 Å². The van der Waals surface area contributed by atoms with E-state index in [1.807, 2.05) is 35.0 Å². The van der Waals surface area contributed by atoms with Crippen molar-refractivity contribution in [3.05, 3.63) is 48.5 Å². The van der Waals surface area contributed by atoms with Crippen LogP contribution in [0.15, 0.2) is 48.1 Å². The lowest BCUT2D eigenvalue weighted by Crippen LogP contribution is -2.04. The summed E-state index contributed by atoms with van der Waals surface area (Å²) in [6, 6.07) is 7.68. The number of nitrogens with zero attached hydrogens (tertiary/aromatic N) is 3. The van der Waals surface area contributed by atoms with E-state index in [0.717, 1.165) is 24.3 Å². The zero-order valence-electron chi connectivity index (χ0n) is 10.1. The van der Waals surface area contributed by atoms with Crippen molar-refractivity contribution in [3.8, 4) is 5.75 Å². The lowest BCUT2D eigenvalue weighted by atomic mass is 10.2. The highest BCUT2D eigenvalue weighted by Gasteiger charge is 2.00. The molecule has 0 unspecified atom stereocenters. The third-order valence-corrected chi connectivity index (χ3v) is 2.51. The van der Waals surface area contributed by atoms with Gasteiger partial charge in [0.15, 0.2) is 0 Å². The molecular weight excluding hydrogens is 228 g/mol. The van der Waals surface area contributed by atoms with Crippen molar-refractivity contribution in [2.45, 2.75) is 13.0 Å². The Balaban J connectivity index is 1.83. The molecule has 2 rings (SSSR count). The van der Waals surface area contributed by atoms with E-state index in [1.165, 1.54) is 0 Å². The van der Waals surface area contributed by atoms with Crippen molar-refractivity contribution in [1.29, 1.82) is 0 Å². The fraction of sp³-hybridized carbons (Fsp3) is 0.231. The number of imidazole rings is 1. The average molecular weight is 244 g/mol. The van der Waals surface area contributed by atoms with Gasteiger partial charge in [-0.3, -0.25) is 0 Å². The SMILES string of the molecule is NN=Cc1ccccc1OCCCn1ccnc1. The first kappa shape index (κ1) is 12.2. The van der Waals surface area contributed by atoms with Gasteiger partial charge in [-0.25, -0.2) is 4.98 Å². The van der Waals surface area contributed by atoms with Crippen LogP contribution in [0.3, 0.4) is 0 Å². The summed E-state index contributed by atoms with van der Waals surface area (Å²) in [5, 5.41) is 3.52. The number of ether oxygens (including phenoxy) is 1. The Labute approximate surface area is 106 Å². The first-order valence-corrected chi connectivity index (χ1v) is 5.81. The van der Waals surface area contributed by atoms with Crippen LogP contribution < -0.4 is 10.6 Å². The molecular formula is C13H16N4O. The second kappa shape index (κ2) is 6.44. The van der Waals surface area contributed by atoms with Gasteiger partial charge < -0.3 is 15.1 Å². The van der Waals surface area contributed by atoms with Gasteiger partial charge in [-0.15, -0.1) is 0 Å². The molecule has 0 atom stereocenters. The number of aryl methyl sites for hydroxylation is 1. The summed E-state index contributed by atoms with van der Waals surface area (Å²) < 4.78 is 7.73. The highest BCUT2D eigenvalue weighted by atomic mass is 16.5. The topological polar surface area (TPSA) is 65.4 Å². The number of nitrogens with two attached hydrogens (primary N) is 1. The van der Waals surface area contributed by atoms with Gasteiger partial charge in [0, 0.05) is 24.5 Å². The van der Waals surface area contributed by atoms with E-state index in [-0.39, 0.29) is 0 Å². The van der Waals surface area contributed by atoms with Crippen LogP contribution in [0.5, 0.6) is 5.75 Å². The number of hydrogen-bond donors (Lipinski definition) is 1. The minimum absolute atomic E-state index is 0.646. The molecule has 0 bridgehead atoms. The summed E-state index contributed by atoms with van der Waals surface area (Å²) in [6.07, 6.45) is 8.02. The summed E-state index contributed by atoms with van der Waals surface area (Å²) in [7, 11) is 0. The predicted molar refractivity (Wildman–Crippen MR) is 70.6 cm³/mol. The van der Waals surface area contributed by atoms with Crippen LogP contribution >= 0.6 is 0 Å². The van der Waals surface area contributed by atoms with Gasteiger partial charge in [-0.2, -0.15) is 5.10 Å². The third kappa shape index (κ3) is 3.35. The number of para-hydroxylation sites is 1. The van der Waals surface area contributed by atoms with Crippen LogP contribution in [0.1, 0.15) is 12.0 Å². The maximum atomic E-state index is 5.71. The van der Waals surface area contributed by atoms with Gasteiger partial charge in [0.1, 0.15) is 5.75 Å². The second-order valence-electron chi connectivity index (χ2n) is 3.82. The highest BCUT2D eigenvalue weighted by Crippen LogP contribution is 2.15. The van der Waals surface area contributed by atoms with Gasteiger partial charge in [-0.05, 0) is 18.6 Å². The number of benzene rings is 1. The van der Waals surface area contributed by atoms with Crippen molar-refractivity contribution in [2.75, 3.05) is 6.61 Å². The Bertz CT molecular complexity index is 493. The Morgan fingerprint density at radius 3 is 3.06 bits per heavy atom. The van der Waals surface area contributed by atoms with Gasteiger partial charge >= 0.3 is 0 Å². The number of aromatic nitrogens is 2. The van der Waals surface area contributed by atoms with E-state index in [2.05, 4.69) is 10.1 Å². The Kier molecular flexibility index (Phi) is 4.35. The van der Waals surface area contributed by atoms with E-state index in [9.17, 15) is 0 Å². The smallest absolute Gasteiger partial charge is 0.128 e. The first-order valence-electron chi connectivity index (χ1n) is 5.81. The quantitative estimate of drug-likeness (QED) is 0.363. The molecule has 1 aromatic heterocycles. The maximum absolute atomic E-state index is 5.71. The van der Waals surface area contributed by atoms with Gasteiger partial charge in [0.25, 0.3) is 0 Å². The van der Waals surface area contributed by atoms with Crippen molar-refractivity contribution in [3.63, 3.8) is 0 Å². The van der Waals surface area contributed by atoms with Crippen LogP contribution in [0.2, 0.25) is 0 Å². The third-order valence-electron chi connectivity index (χ3n) is 2.51. The molecule has 0 fully saturated rings. The average Bonchev–Trinajstić information content (AvgIpc) is 2.90. The molecule has 1 heterocycles. The van der Waals surface area contributed by atoms with Crippen LogP contribution in [0.4, 0.5) is 0 Å². The van der Waals surface area contributed by atoms with Gasteiger partial charge in [0.2, 0.25) is 0 Å². The summed E-state index contributed by atoms with van der Waals surface area (Å²) in [6.45, 7) is 1.54.